The van der Waals surface area contributed by atoms with Crippen molar-refractivity contribution in [2.75, 3.05) is 32.6 Å². The molecule has 28 heavy (non-hydrogen) atoms. The molecule has 0 heterocycles. The van der Waals surface area contributed by atoms with Crippen LogP contribution in [0.25, 0.3) is 0 Å². The van der Waals surface area contributed by atoms with Crippen LogP contribution in [0.15, 0.2) is 48.5 Å². The number of aryl methyl sites for hydroxylation is 1. The average molecular weight is 383 g/mol. The number of rotatable bonds is 10. The third-order valence-electron chi connectivity index (χ3n) is 4.32. The van der Waals surface area contributed by atoms with Crippen LogP contribution in [-0.2, 0) is 33.9 Å². The van der Waals surface area contributed by atoms with Crippen LogP contribution >= 0.6 is 0 Å². The first kappa shape index (κ1) is 21.6. The Balaban J connectivity index is 1.74. The van der Waals surface area contributed by atoms with E-state index in [0.29, 0.717) is 13.2 Å². The quantitative estimate of drug-likeness (QED) is 0.662. The minimum atomic E-state index is -0.134. The molecule has 0 unspecified atom stereocenters. The van der Waals surface area contributed by atoms with Gasteiger partial charge in [-0.25, -0.2) is 0 Å². The van der Waals surface area contributed by atoms with Crippen molar-refractivity contribution in [2.45, 2.75) is 26.5 Å². The highest BCUT2D eigenvalue weighted by molar-refractivity contribution is 5.93. The lowest BCUT2D eigenvalue weighted by atomic mass is 10.1. The van der Waals surface area contributed by atoms with Gasteiger partial charge in [0.15, 0.2) is 0 Å². The Morgan fingerprint density at radius 1 is 0.964 bits per heavy atom. The molecule has 2 aromatic rings. The van der Waals surface area contributed by atoms with Crippen molar-refractivity contribution >= 4 is 17.5 Å². The van der Waals surface area contributed by atoms with Crippen LogP contribution in [0.4, 0.5) is 5.69 Å². The highest BCUT2D eigenvalue weighted by atomic mass is 16.5. The van der Waals surface area contributed by atoms with Gasteiger partial charge < -0.3 is 15.4 Å². The number of anilines is 1. The smallest absolute Gasteiger partial charge is 0.238 e. The second-order valence-corrected chi connectivity index (χ2v) is 6.76. The summed E-state index contributed by atoms with van der Waals surface area (Å²) in [6.07, 6.45) is 0.848. The van der Waals surface area contributed by atoms with E-state index < -0.39 is 0 Å². The summed E-state index contributed by atoms with van der Waals surface area (Å²) >= 11 is 0. The Bertz CT molecular complexity index is 775. The second kappa shape index (κ2) is 11.2. The minimum Gasteiger partial charge on any atom is -0.380 e. The number of carbonyl (C=O) groups is 2. The van der Waals surface area contributed by atoms with E-state index in [0.717, 1.165) is 28.8 Å². The molecule has 0 aliphatic carbocycles. The molecule has 150 valence electrons. The molecule has 0 aromatic heterocycles. The van der Waals surface area contributed by atoms with E-state index in [-0.39, 0.29) is 24.9 Å². The van der Waals surface area contributed by atoms with Gasteiger partial charge in [-0.05, 0) is 36.2 Å². The highest BCUT2D eigenvalue weighted by Crippen LogP contribution is 2.15. The maximum Gasteiger partial charge on any atom is 0.238 e. The van der Waals surface area contributed by atoms with Crippen molar-refractivity contribution in [3.05, 3.63) is 65.2 Å². The fourth-order valence-electron chi connectivity index (χ4n) is 2.86. The van der Waals surface area contributed by atoms with Crippen molar-refractivity contribution in [2.24, 2.45) is 0 Å². The number of hydrogen-bond acceptors (Lipinski definition) is 4. The number of amides is 2. The average Bonchev–Trinajstić information content (AvgIpc) is 2.68. The lowest BCUT2D eigenvalue weighted by molar-refractivity contribution is -0.123. The third kappa shape index (κ3) is 7.13. The van der Waals surface area contributed by atoms with Crippen LogP contribution < -0.4 is 10.6 Å². The van der Waals surface area contributed by atoms with Gasteiger partial charge in [0, 0.05) is 19.3 Å². The van der Waals surface area contributed by atoms with E-state index in [2.05, 4.69) is 10.6 Å². The molecular weight excluding hydrogens is 354 g/mol. The molecule has 6 heteroatoms. The third-order valence-corrected chi connectivity index (χ3v) is 4.32. The maximum absolute atomic E-state index is 12.2. The number of methoxy groups -OCH3 is 1. The molecule has 0 atom stereocenters. The van der Waals surface area contributed by atoms with Crippen LogP contribution in [0.1, 0.15) is 23.6 Å². The summed E-state index contributed by atoms with van der Waals surface area (Å²) in [4.78, 5) is 26.1. The Morgan fingerprint density at radius 2 is 1.61 bits per heavy atom. The zero-order valence-electron chi connectivity index (χ0n) is 16.8. The summed E-state index contributed by atoms with van der Waals surface area (Å²) in [5.41, 5.74) is 4.02. The monoisotopic (exact) mass is 383 g/mol. The molecule has 2 amide bonds. The number of benzene rings is 2. The molecule has 0 fully saturated rings. The maximum atomic E-state index is 12.2. The first-order valence-corrected chi connectivity index (χ1v) is 9.41. The molecule has 2 N–H and O–H groups in total. The first-order valence-electron chi connectivity index (χ1n) is 9.41. The Kier molecular flexibility index (Phi) is 8.65. The normalized spacial score (nSPS) is 10.7. The lowest BCUT2D eigenvalue weighted by Gasteiger charge is -2.17. The van der Waals surface area contributed by atoms with Crippen molar-refractivity contribution in [1.29, 1.82) is 0 Å². The zero-order valence-corrected chi connectivity index (χ0v) is 16.8. The Morgan fingerprint density at radius 3 is 2.29 bits per heavy atom. The molecule has 0 aliphatic heterocycles. The van der Waals surface area contributed by atoms with E-state index in [1.807, 2.05) is 55.5 Å². The van der Waals surface area contributed by atoms with Gasteiger partial charge in [-0.15, -0.1) is 0 Å². The van der Waals surface area contributed by atoms with Gasteiger partial charge in [0.25, 0.3) is 0 Å². The van der Waals surface area contributed by atoms with Crippen LogP contribution in [0.2, 0.25) is 0 Å². The van der Waals surface area contributed by atoms with Gasteiger partial charge in [0.1, 0.15) is 0 Å². The molecule has 0 saturated carbocycles. The topological polar surface area (TPSA) is 70.7 Å². The van der Waals surface area contributed by atoms with E-state index in [4.69, 9.17) is 4.74 Å². The van der Waals surface area contributed by atoms with Gasteiger partial charge in [-0.3, -0.25) is 14.5 Å². The molecule has 0 bridgehead atoms. The Labute approximate surface area is 166 Å². The van der Waals surface area contributed by atoms with Gasteiger partial charge in [0.2, 0.25) is 11.8 Å². The summed E-state index contributed by atoms with van der Waals surface area (Å²) in [5.74, 6) is -0.254. The molecular formula is C22H29N3O3. The number of nitrogens with zero attached hydrogens (tertiary/aromatic N) is 1. The van der Waals surface area contributed by atoms with Gasteiger partial charge in [-0.2, -0.15) is 0 Å². The zero-order chi connectivity index (χ0) is 20.4. The van der Waals surface area contributed by atoms with Crippen LogP contribution in [0, 0.1) is 0 Å². The van der Waals surface area contributed by atoms with Crippen molar-refractivity contribution in [3.8, 4) is 0 Å². The molecule has 6 nitrogen and oxygen atoms in total. The van der Waals surface area contributed by atoms with Crippen LogP contribution in [0.3, 0.4) is 0 Å². The fourth-order valence-corrected chi connectivity index (χ4v) is 2.86. The SMILES string of the molecule is CCc1ccccc1NC(=O)CN(C)CC(=O)NCc1ccc(COC)cc1. The number of nitrogens with one attached hydrogen (secondary N) is 2. The lowest BCUT2D eigenvalue weighted by Crippen LogP contribution is -2.38. The van der Waals surface area contributed by atoms with Crippen LogP contribution in [-0.4, -0.2) is 44.0 Å². The summed E-state index contributed by atoms with van der Waals surface area (Å²) in [6.45, 7) is 3.38. The Hall–Kier alpha value is -2.70. The molecule has 0 saturated heterocycles. The molecule has 2 aromatic carbocycles. The molecule has 2 rings (SSSR count). The summed E-state index contributed by atoms with van der Waals surface area (Å²) in [5, 5.41) is 5.80. The van der Waals surface area contributed by atoms with Crippen molar-refractivity contribution in [3.63, 3.8) is 0 Å². The highest BCUT2D eigenvalue weighted by Gasteiger charge is 2.12. The molecule has 0 aliphatic rings. The summed E-state index contributed by atoms with van der Waals surface area (Å²) in [7, 11) is 3.41. The number of carbonyl (C=O) groups excluding carboxylic acids is 2. The summed E-state index contributed by atoms with van der Waals surface area (Å²) < 4.78 is 5.08. The van der Waals surface area contributed by atoms with Gasteiger partial charge >= 0.3 is 0 Å². The fraction of sp³-hybridized carbons (Fsp3) is 0.364. The minimum absolute atomic E-state index is 0.120. The van der Waals surface area contributed by atoms with Crippen LogP contribution in [0.5, 0.6) is 0 Å². The summed E-state index contributed by atoms with van der Waals surface area (Å²) in [6, 6.07) is 15.6. The number of para-hydroxylation sites is 1. The van der Waals surface area contributed by atoms with E-state index in [1.54, 1.807) is 19.1 Å². The van der Waals surface area contributed by atoms with E-state index in [1.165, 1.54) is 0 Å². The van der Waals surface area contributed by atoms with E-state index in [9.17, 15) is 9.59 Å². The molecule has 0 radical (unpaired) electrons. The molecule has 0 spiro atoms. The predicted octanol–water partition coefficient (Wildman–Crippen LogP) is 2.58. The van der Waals surface area contributed by atoms with Gasteiger partial charge in [-0.1, -0.05) is 49.4 Å². The number of hydrogen-bond donors (Lipinski definition) is 2. The van der Waals surface area contributed by atoms with Gasteiger partial charge in [0.05, 0.1) is 19.7 Å². The largest absolute Gasteiger partial charge is 0.380 e. The number of likely N-dealkylation sites (N-methyl/N-ethyl adjacent to an activating group) is 1. The van der Waals surface area contributed by atoms with Crippen molar-refractivity contribution < 1.29 is 14.3 Å². The van der Waals surface area contributed by atoms with Crippen molar-refractivity contribution in [1.82, 2.24) is 10.2 Å². The van der Waals surface area contributed by atoms with E-state index >= 15 is 0 Å². The predicted molar refractivity (Wildman–Crippen MR) is 111 cm³/mol. The second-order valence-electron chi connectivity index (χ2n) is 6.76. The first-order chi connectivity index (χ1) is 13.5. The number of ether oxygens (including phenoxy) is 1. The standard InChI is InChI=1S/C22H29N3O3/c1-4-19-7-5-6-8-20(19)24-22(27)15-25(2)14-21(26)23-13-17-9-11-18(12-10-17)16-28-3/h5-12H,4,13-16H2,1-3H3,(H,23,26)(H,24,27).